The van der Waals surface area contributed by atoms with E-state index >= 15 is 0 Å². The second-order valence-corrected chi connectivity index (χ2v) is 8.44. The Balaban J connectivity index is 2.11. The molecule has 0 spiro atoms. The lowest BCUT2D eigenvalue weighted by atomic mass is 10.1. The van der Waals surface area contributed by atoms with Crippen LogP contribution >= 0.6 is 11.3 Å². The number of aromatic nitrogens is 3. The summed E-state index contributed by atoms with van der Waals surface area (Å²) in [6.07, 6.45) is 1.82. The number of halogens is 1. The number of nitrogens with one attached hydrogen (secondary N) is 2. The van der Waals surface area contributed by atoms with Gasteiger partial charge in [-0.05, 0) is 59.1 Å². The van der Waals surface area contributed by atoms with Gasteiger partial charge in [0.15, 0.2) is 11.5 Å². The van der Waals surface area contributed by atoms with E-state index in [0.29, 0.717) is 0 Å². The van der Waals surface area contributed by atoms with Crippen LogP contribution in [-0.2, 0) is 16.9 Å². The summed E-state index contributed by atoms with van der Waals surface area (Å²) in [7, 11) is 0. The molecule has 0 radical (unpaired) electrons. The standard InChI is InChI=1S/C18H26FN5OS/c1-10(7-8-14-9-11(2)26-12(14)3)20-16-22-15(18(5,6)19)23-17(24-16)21-13(4)25/h9-10H,7-8H2,1-6H3,(H2,20,21,22,23,24,25). The third-order valence-corrected chi connectivity index (χ3v) is 4.83. The number of nitrogens with zero attached hydrogens (tertiary/aromatic N) is 3. The summed E-state index contributed by atoms with van der Waals surface area (Å²) in [4.78, 5) is 26.3. The topological polar surface area (TPSA) is 79.8 Å². The molecule has 0 aliphatic rings. The van der Waals surface area contributed by atoms with Crippen LogP contribution < -0.4 is 10.6 Å². The fourth-order valence-corrected chi connectivity index (χ4v) is 3.49. The van der Waals surface area contributed by atoms with Gasteiger partial charge in [-0.25, -0.2) is 4.39 Å². The van der Waals surface area contributed by atoms with Crippen LogP contribution in [0.25, 0.3) is 0 Å². The summed E-state index contributed by atoms with van der Waals surface area (Å²) in [6, 6.07) is 2.30. The summed E-state index contributed by atoms with van der Waals surface area (Å²) >= 11 is 1.80. The predicted molar refractivity (Wildman–Crippen MR) is 103 cm³/mol. The normalized spacial score (nSPS) is 12.7. The van der Waals surface area contributed by atoms with Crippen LogP contribution in [0.1, 0.15) is 55.3 Å². The first-order valence-electron chi connectivity index (χ1n) is 8.60. The van der Waals surface area contributed by atoms with E-state index in [-0.39, 0.29) is 29.7 Å². The van der Waals surface area contributed by atoms with E-state index in [1.165, 1.54) is 36.1 Å². The fourth-order valence-electron chi connectivity index (χ4n) is 2.52. The molecule has 1 atom stereocenters. The summed E-state index contributed by atoms with van der Waals surface area (Å²) in [5.74, 6) is -0.0289. The van der Waals surface area contributed by atoms with Gasteiger partial charge in [0.25, 0.3) is 0 Å². The Labute approximate surface area is 157 Å². The Bertz CT molecular complexity index is 784. The van der Waals surface area contributed by atoms with Gasteiger partial charge < -0.3 is 5.32 Å². The molecular formula is C18H26FN5OS. The van der Waals surface area contributed by atoms with Crippen molar-refractivity contribution < 1.29 is 9.18 Å². The van der Waals surface area contributed by atoms with Gasteiger partial charge >= 0.3 is 0 Å². The molecule has 0 aliphatic heterocycles. The molecule has 0 saturated carbocycles. The first-order valence-corrected chi connectivity index (χ1v) is 9.41. The average Bonchev–Trinajstić information content (AvgIpc) is 2.81. The molecule has 0 fully saturated rings. The number of hydrogen-bond donors (Lipinski definition) is 2. The van der Waals surface area contributed by atoms with Gasteiger partial charge in [0, 0.05) is 22.7 Å². The molecule has 2 aromatic rings. The summed E-state index contributed by atoms with van der Waals surface area (Å²) in [5.41, 5.74) is -0.387. The molecule has 0 saturated heterocycles. The number of alkyl halides is 1. The molecule has 142 valence electrons. The average molecular weight is 380 g/mol. The van der Waals surface area contributed by atoms with E-state index in [2.05, 4.69) is 45.5 Å². The molecule has 1 unspecified atom stereocenters. The molecule has 2 N–H and O–H groups in total. The number of thiophene rings is 1. The van der Waals surface area contributed by atoms with Crippen molar-refractivity contribution in [3.05, 3.63) is 27.2 Å². The lowest BCUT2D eigenvalue weighted by Gasteiger charge is -2.18. The molecule has 2 rings (SSSR count). The third kappa shape index (κ3) is 5.72. The zero-order valence-electron chi connectivity index (χ0n) is 16.1. The van der Waals surface area contributed by atoms with E-state index in [1.54, 1.807) is 11.3 Å². The van der Waals surface area contributed by atoms with Crippen LogP contribution in [0.2, 0.25) is 0 Å². The highest BCUT2D eigenvalue weighted by molar-refractivity contribution is 7.12. The molecule has 0 aromatic carbocycles. The first kappa shape index (κ1) is 20.2. The molecule has 2 aromatic heterocycles. The Morgan fingerprint density at radius 2 is 1.92 bits per heavy atom. The second-order valence-electron chi connectivity index (χ2n) is 6.98. The maximum absolute atomic E-state index is 14.3. The van der Waals surface area contributed by atoms with Crippen molar-refractivity contribution in [2.24, 2.45) is 0 Å². The van der Waals surface area contributed by atoms with E-state index < -0.39 is 5.67 Å². The summed E-state index contributed by atoms with van der Waals surface area (Å²) in [6.45, 7) is 10.4. The van der Waals surface area contributed by atoms with Crippen molar-refractivity contribution in [2.75, 3.05) is 10.6 Å². The number of carbonyl (C=O) groups is 1. The largest absolute Gasteiger partial charge is 0.352 e. The van der Waals surface area contributed by atoms with Crippen LogP contribution in [0, 0.1) is 13.8 Å². The number of carbonyl (C=O) groups excluding carboxylic acids is 1. The summed E-state index contributed by atoms with van der Waals surface area (Å²) in [5, 5.41) is 5.68. The minimum absolute atomic E-state index is 0.0183. The van der Waals surface area contributed by atoms with E-state index in [4.69, 9.17) is 0 Å². The van der Waals surface area contributed by atoms with Gasteiger partial charge in [0.2, 0.25) is 17.8 Å². The van der Waals surface area contributed by atoms with Crippen molar-refractivity contribution in [3.8, 4) is 0 Å². The minimum atomic E-state index is -1.73. The Morgan fingerprint density at radius 1 is 1.27 bits per heavy atom. The third-order valence-electron chi connectivity index (χ3n) is 3.82. The maximum Gasteiger partial charge on any atom is 0.234 e. The Hall–Kier alpha value is -2.09. The zero-order chi connectivity index (χ0) is 19.5. The van der Waals surface area contributed by atoms with Crippen LogP contribution in [-0.4, -0.2) is 26.9 Å². The predicted octanol–water partition coefficient (Wildman–Crippen LogP) is 4.15. The highest BCUT2D eigenvalue weighted by Crippen LogP contribution is 2.24. The number of aryl methyl sites for hydroxylation is 3. The lowest BCUT2D eigenvalue weighted by molar-refractivity contribution is -0.114. The molecule has 0 aliphatic carbocycles. The van der Waals surface area contributed by atoms with Gasteiger partial charge in [-0.15, -0.1) is 11.3 Å². The highest BCUT2D eigenvalue weighted by Gasteiger charge is 2.25. The molecule has 1 amide bonds. The molecule has 6 nitrogen and oxygen atoms in total. The van der Waals surface area contributed by atoms with Gasteiger partial charge in [-0.2, -0.15) is 15.0 Å². The molecule has 0 bridgehead atoms. The number of rotatable bonds is 7. The van der Waals surface area contributed by atoms with Gasteiger partial charge in [0.1, 0.15) is 0 Å². The van der Waals surface area contributed by atoms with Crippen LogP contribution in [0.5, 0.6) is 0 Å². The van der Waals surface area contributed by atoms with Gasteiger partial charge in [-0.3, -0.25) is 10.1 Å². The van der Waals surface area contributed by atoms with Gasteiger partial charge in [-0.1, -0.05) is 0 Å². The van der Waals surface area contributed by atoms with Crippen molar-refractivity contribution in [1.29, 1.82) is 0 Å². The first-order chi connectivity index (χ1) is 12.0. The van der Waals surface area contributed by atoms with E-state index in [1.807, 2.05) is 6.92 Å². The van der Waals surface area contributed by atoms with E-state index in [9.17, 15) is 9.18 Å². The van der Waals surface area contributed by atoms with Crippen molar-refractivity contribution in [3.63, 3.8) is 0 Å². The highest BCUT2D eigenvalue weighted by atomic mass is 32.1. The van der Waals surface area contributed by atoms with Crippen molar-refractivity contribution in [2.45, 2.75) is 66.1 Å². The number of amides is 1. The smallest absolute Gasteiger partial charge is 0.234 e. The van der Waals surface area contributed by atoms with Crippen LogP contribution in [0.4, 0.5) is 16.3 Å². The Kier molecular flexibility index (Phi) is 6.28. The minimum Gasteiger partial charge on any atom is -0.352 e. The molecule has 2 heterocycles. The van der Waals surface area contributed by atoms with Crippen molar-refractivity contribution >= 4 is 29.1 Å². The Morgan fingerprint density at radius 3 is 2.46 bits per heavy atom. The van der Waals surface area contributed by atoms with Crippen LogP contribution in [0.15, 0.2) is 6.07 Å². The molecule has 8 heteroatoms. The summed E-state index contributed by atoms with van der Waals surface area (Å²) < 4.78 is 14.3. The fraction of sp³-hybridized carbons (Fsp3) is 0.556. The number of anilines is 2. The SMILES string of the molecule is CC(=O)Nc1nc(NC(C)CCc2cc(C)sc2C)nc(C(C)(C)F)n1. The number of hydrogen-bond acceptors (Lipinski definition) is 6. The zero-order valence-corrected chi connectivity index (χ0v) is 16.9. The van der Waals surface area contributed by atoms with Crippen LogP contribution in [0.3, 0.4) is 0 Å². The maximum atomic E-state index is 14.3. The van der Waals surface area contributed by atoms with Crippen molar-refractivity contribution in [1.82, 2.24) is 15.0 Å². The van der Waals surface area contributed by atoms with E-state index in [0.717, 1.165) is 12.8 Å². The lowest BCUT2D eigenvalue weighted by Crippen LogP contribution is -2.23. The van der Waals surface area contributed by atoms with Gasteiger partial charge in [0.05, 0.1) is 0 Å². The quantitative estimate of drug-likeness (QED) is 0.755. The molecular weight excluding hydrogens is 353 g/mol. The second kappa shape index (κ2) is 8.07. The monoisotopic (exact) mass is 379 g/mol. The molecule has 26 heavy (non-hydrogen) atoms.